The average molecular weight is 242 g/mol. The lowest BCUT2D eigenvalue weighted by Gasteiger charge is -2.16. The molecule has 1 N–H and O–H groups in total. The zero-order valence-electron chi connectivity index (χ0n) is 9.66. The number of amides is 1. The van der Waals surface area contributed by atoms with Gasteiger partial charge in [0.2, 0.25) is 0 Å². The normalized spacial score (nSPS) is 12.3. The molecule has 0 spiro atoms. The highest BCUT2D eigenvalue weighted by molar-refractivity contribution is 6.30. The van der Waals surface area contributed by atoms with Crippen LogP contribution in [0.25, 0.3) is 0 Å². The lowest BCUT2D eigenvalue weighted by atomic mass is 10.3. The van der Waals surface area contributed by atoms with Gasteiger partial charge in [-0.1, -0.05) is 11.6 Å². The van der Waals surface area contributed by atoms with E-state index >= 15 is 0 Å². The topological polar surface area (TPSA) is 38.3 Å². The van der Waals surface area contributed by atoms with E-state index in [9.17, 15) is 4.79 Å². The third kappa shape index (κ3) is 4.11. The van der Waals surface area contributed by atoms with Crippen LogP contribution >= 0.6 is 11.6 Å². The van der Waals surface area contributed by atoms with Crippen molar-refractivity contribution in [1.82, 2.24) is 5.32 Å². The van der Waals surface area contributed by atoms with Gasteiger partial charge in [-0.2, -0.15) is 0 Å². The summed E-state index contributed by atoms with van der Waals surface area (Å²) in [5.41, 5.74) is 0. The van der Waals surface area contributed by atoms with Crippen LogP contribution in [0, 0.1) is 0 Å². The molecule has 88 valence electrons. The number of nitrogens with one attached hydrogen (secondary N) is 1. The van der Waals surface area contributed by atoms with Gasteiger partial charge >= 0.3 is 0 Å². The predicted octanol–water partition coefficient (Wildman–Crippen LogP) is 2.63. The Morgan fingerprint density at radius 2 is 1.81 bits per heavy atom. The van der Waals surface area contributed by atoms with Gasteiger partial charge < -0.3 is 10.1 Å². The number of rotatable bonds is 4. The molecule has 3 nitrogen and oxygen atoms in total. The van der Waals surface area contributed by atoms with Crippen molar-refractivity contribution in [3.8, 4) is 5.75 Å². The van der Waals surface area contributed by atoms with Crippen LogP contribution in [-0.4, -0.2) is 18.1 Å². The Morgan fingerprint density at radius 3 is 2.31 bits per heavy atom. The molecular formula is C12H16ClNO2. The minimum Gasteiger partial charge on any atom is -0.481 e. The molecule has 1 aromatic rings. The molecule has 1 aromatic carbocycles. The molecule has 0 aromatic heterocycles. The molecule has 0 aliphatic heterocycles. The molecule has 0 aliphatic rings. The van der Waals surface area contributed by atoms with Crippen LogP contribution in [0.3, 0.4) is 0 Å². The van der Waals surface area contributed by atoms with Crippen molar-refractivity contribution in [3.05, 3.63) is 29.3 Å². The van der Waals surface area contributed by atoms with Gasteiger partial charge in [0.05, 0.1) is 0 Å². The Labute approximate surface area is 101 Å². The van der Waals surface area contributed by atoms with Crippen molar-refractivity contribution >= 4 is 17.5 Å². The Kier molecular flexibility index (Phi) is 4.62. The third-order valence-corrected chi connectivity index (χ3v) is 2.18. The number of benzene rings is 1. The molecule has 0 heterocycles. The lowest BCUT2D eigenvalue weighted by molar-refractivity contribution is -0.127. The first kappa shape index (κ1) is 12.8. The Morgan fingerprint density at radius 1 is 1.25 bits per heavy atom. The summed E-state index contributed by atoms with van der Waals surface area (Å²) in [7, 11) is 0. The molecule has 0 saturated carbocycles. The SMILES string of the molecule is CC(C)NC(=O)[C@H](C)Oc1ccc(Cl)cc1. The summed E-state index contributed by atoms with van der Waals surface area (Å²) in [6.45, 7) is 5.53. The van der Waals surface area contributed by atoms with Crippen molar-refractivity contribution < 1.29 is 9.53 Å². The quantitative estimate of drug-likeness (QED) is 0.880. The highest BCUT2D eigenvalue weighted by Crippen LogP contribution is 2.16. The molecule has 0 unspecified atom stereocenters. The fourth-order valence-electron chi connectivity index (χ4n) is 1.17. The first-order chi connectivity index (χ1) is 7.49. The number of carbonyl (C=O) groups is 1. The Bertz CT molecular complexity index is 349. The molecule has 0 radical (unpaired) electrons. The molecule has 1 atom stereocenters. The minimum atomic E-state index is -0.511. The number of carbonyl (C=O) groups excluding carboxylic acids is 1. The highest BCUT2D eigenvalue weighted by atomic mass is 35.5. The lowest BCUT2D eigenvalue weighted by Crippen LogP contribution is -2.39. The van der Waals surface area contributed by atoms with Gasteiger partial charge in [-0.25, -0.2) is 0 Å². The van der Waals surface area contributed by atoms with Crippen LogP contribution < -0.4 is 10.1 Å². The number of hydrogen-bond donors (Lipinski definition) is 1. The molecular weight excluding hydrogens is 226 g/mol. The van der Waals surface area contributed by atoms with Crippen LogP contribution in [0.4, 0.5) is 0 Å². The van der Waals surface area contributed by atoms with E-state index in [2.05, 4.69) is 5.32 Å². The maximum absolute atomic E-state index is 11.6. The smallest absolute Gasteiger partial charge is 0.260 e. The van der Waals surface area contributed by atoms with Gasteiger partial charge in [-0.3, -0.25) is 4.79 Å². The number of hydrogen-bond acceptors (Lipinski definition) is 2. The Hall–Kier alpha value is -1.22. The summed E-state index contributed by atoms with van der Waals surface area (Å²) < 4.78 is 5.46. The van der Waals surface area contributed by atoms with Crippen LogP contribution in [-0.2, 0) is 4.79 Å². The van der Waals surface area contributed by atoms with Gasteiger partial charge in [0.1, 0.15) is 5.75 Å². The van der Waals surface area contributed by atoms with Crippen molar-refractivity contribution in [1.29, 1.82) is 0 Å². The summed E-state index contributed by atoms with van der Waals surface area (Å²) in [5.74, 6) is 0.515. The molecule has 1 rings (SSSR count). The van der Waals surface area contributed by atoms with Gasteiger partial charge in [0.15, 0.2) is 6.10 Å². The van der Waals surface area contributed by atoms with E-state index in [1.54, 1.807) is 31.2 Å². The number of halogens is 1. The van der Waals surface area contributed by atoms with Gasteiger partial charge in [0, 0.05) is 11.1 Å². The van der Waals surface area contributed by atoms with E-state index < -0.39 is 6.10 Å². The van der Waals surface area contributed by atoms with E-state index in [0.717, 1.165) is 0 Å². The Balaban J connectivity index is 2.53. The van der Waals surface area contributed by atoms with Crippen molar-refractivity contribution in [3.63, 3.8) is 0 Å². The minimum absolute atomic E-state index is 0.115. The van der Waals surface area contributed by atoms with Crippen LogP contribution in [0.1, 0.15) is 20.8 Å². The predicted molar refractivity (Wildman–Crippen MR) is 64.8 cm³/mol. The van der Waals surface area contributed by atoms with Gasteiger partial charge in [0.25, 0.3) is 5.91 Å². The average Bonchev–Trinajstić information content (AvgIpc) is 2.20. The third-order valence-electron chi connectivity index (χ3n) is 1.93. The zero-order chi connectivity index (χ0) is 12.1. The van der Waals surface area contributed by atoms with E-state index in [1.807, 2.05) is 13.8 Å². The molecule has 0 fully saturated rings. The first-order valence-corrected chi connectivity index (χ1v) is 5.59. The standard InChI is InChI=1S/C12H16ClNO2/c1-8(2)14-12(15)9(3)16-11-6-4-10(13)5-7-11/h4-9H,1-3H3,(H,14,15)/t9-/m0/s1. The highest BCUT2D eigenvalue weighted by Gasteiger charge is 2.14. The summed E-state index contributed by atoms with van der Waals surface area (Å²) in [4.78, 5) is 11.6. The van der Waals surface area contributed by atoms with E-state index in [4.69, 9.17) is 16.3 Å². The van der Waals surface area contributed by atoms with Crippen molar-refractivity contribution in [2.45, 2.75) is 32.9 Å². The van der Waals surface area contributed by atoms with Crippen molar-refractivity contribution in [2.24, 2.45) is 0 Å². The second kappa shape index (κ2) is 5.75. The molecule has 4 heteroatoms. The van der Waals surface area contributed by atoms with Gasteiger partial charge in [-0.05, 0) is 45.0 Å². The molecule has 0 saturated heterocycles. The summed E-state index contributed by atoms with van der Waals surface area (Å²) in [6.07, 6.45) is -0.511. The molecule has 16 heavy (non-hydrogen) atoms. The van der Waals surface area contributed by atoms with Crippen LogP contribution in [0.15, 0.2) is 24.3 Å². The van der Waals surface area contributed by atoms with Crippen LogP contribution in [0.2, 0.25) is 5.02 Å². The molecule has 1 amide bonds. The zero-order valence-corrected chi connectivity index (χ0v) is 10.4. The second-order valence-electron chi connectivity index (χ2n) is 3.88. The van der Waals surface area contributed by atoms with E-state index in [1.165, 1.54) is 0 Å². The van der Waals surface area contributed by atoms with Crippen molar-refractivity contribution in [2.75, 3.05) is 0 Å². The maximum Gasteiger partial charge on any atom is 0.260 e. The summed E-state index contributed by atoms with van der Waals surface area (Å²) in [5, 5.41) is 3.43. The van der Waals surface area contributed by atoms with Gasteiger partial charge in [-0.15, -0.1) is 0 Å². The maximum atomic E-state index is 11.6. The monoisotopic (exact) mass is 241 g/mol. The van der Waals surface area contributed by atoms with E-state index in [-0.39, 0.29) is 11.9 Å². The fraction of sp³-hybridized carbons (Fsp3) is 0.417. The molecule has 0 aliphatic carbocycles. The largest absolute Gasteiger partial charge is 0.481 e. The van der Waals surface area contributed by atoms with E-state index in [0.29, 0.717) is 10.8 Å². The summed E-state index contributed by atoms with van der Waals surface area (Å²) >= 11 is 5.74. The summed E-state index contributed by atoms with van der Waals surface area (Å²) in [6, 6.07) is 7.04. The van der Waals surface area contributed by atoms with Crippen LogP contribution in [0.5, 0.6) is 5.75 Å². The number of ether oxygens (including phenoxy) is 1. The molecule has 0 bridgehead atoms. The first-order valence-electron chi connectivity index (χ1n) is 5.21. The fourth-order valence-corrected chi connectivity index (χ4v) is 1.30. The second-order valence-corrected chi connectivity index (χ2v) is 4.31.